The van der Waals surface area contributed by atoms with E-state index in [1.807, 2.05) is 36.5 Å². The van der Waals surface area contributed by atoms with Gasteiger partial charge in [0.25, 0.3) is 0 Å². The number of hydrogen-bond acceptors (Lipinski definition) is 9. The zero-order chi connectivity index (χ0) is 34.8. The van der Waals surface area contributed by atoms with Gasteiger partial charge in [-0.15, -0.1) is 0 Å². The summed E-state index contributed by atoms with van der Waals surface area (Å²) in [7, 11) is 1.48. The SMILES string of the molecule is CCC1CCC(OC(C)=O)CC(=O)CC(c2ccc(O)c(OC)c2)C#CCNc2cc(ccn2)C(c2cccc(O)c2)CC2=C(C=NC2)C1. The molecule has 2 aromatic carbocycles. The Bertz CT molecular complexity index is 1770. The molecule has 0 amide bonds. The Morgan fingerprint density at radius 1 is 1.00 bits per heavy atom. The van der Waals surface area contributed by atoms with E-state index < -0.39 is 18.0 Å². The molecule has 1 aromatic heterocycles. The first-order valence-electron chi connectivity index (χ1n) is 17.0. The molecule has 2 aliphatic rings. The minimum Gasteiger partial charge on any atom is -0.508 e. The first-order valence-corrected chi connectivity index (χ1v) is 17.0. The molecule has 0 saturated carbocycles. The van der Waals surface area contributed by atoms with Crippen LogP contribution in [0.2, 0.25) is 0 Å². The number of Topliss-reactive ketones (excluding diaryl/α,β-unsaturated/α-hetero) is 1. The predicted octanol–water partition coefficient (Wildman–Crippen LogP) is 7.09. The third-order valence-electron chi connectivity index (χ3n) is 9.34. The fraction of sp³-hybridized carbons (Fsp3) is 0.400. The largest absolute Gasteiger partial charge is 0.508 e. The van der Waals surface area contributed by atoms with Crippen LogP contribution in [0.4, 0.5) is 5.82 Å². The van der Waals surface area contributed by atoms with Gasteiger partial charge in [-0.3, -0.25) is 14.6 Å². The molecule has 0 fully saturated rings. The van der Waals surface area contributed by atoms with E-state index in [0.717, 1.165) is 42.4 Å². The summed E-state index contributed by atoms with van der Waals surface area (Å²) in [6, 6.07) is 16.4. The van der Waals surface area contributed by atoms with Crippen molar-refractivity contribution in [2.24, 2.45) is 10.9 Å². The number of phenolic OH excluding ortho intramolecular Hbond substituents is 2. The summed E-state index contributed by atoms with van der Waals surface area (Å²) in [6.45, 7) is 4.45. The van der Waals surface area contributed by atoms with Crippen LogP contribution in [0, 0.1) is 17.8 Å². The van der Waals surface area contributed by atoms with Gasteiger partial charge in [-0.1, -0.05) is 43.4 Å². The summed E-state index contributed by atoms with van der Waals surface area (Å²) in [6.07, 6.45) is 7.32. The number of ketones is 1. The number of fused-ring (bicyclic) bond motifs is 2. The van der Waals surface area contributed by atoms with Crippen molar-refractivity contribution in [3.05, 3.63) is 88.6 Å². The van der Waals surface area contributed by atoms with Gasteiger partial charge in [-0.05, 0) is 95.8 Å². The molecule has 0 saturated heterocycles. The molecule has 3 aromatic rings. The third-order valence-corrected chi connectivity index (χ3v) is 9.34. The van der Waals surface area contributed by atoms with E-state index in [2.05, 4.69) is 34.1 Å². The van der Waals surface area contributed by atoms with E-state index in [9.17, 15) is 19.8 Å². The molecule has 256 valence electrons. The van der Waals surface area contributed by atoms with E-state index in [-0.39, 0.29) is 42.6 Å². The molecule has 2 bridgehead atoms. The summed E-state index contributed by atoms with van der Waals surface area (Å²) >= 11 is 0. The number of ether oxygens (including phenoxy) is 2. The van der Waals surface area contributed by atoms with Crippen LogP contribution in [0.3, 0.4) is 0 Å². The smallest absolute Gasteiger partial charge is 0.302 e. The second-order valence-corrected chi connectivity index (χ2v) is 12.8. The van der Waals surface area contributed by atoms with Crippen molar-refractivity contribution in [3.63, 3.8) is 0 Å². The second kappa shape index (κ2) is 16.8. The second-order valence-electron chi connectivity index (χ2n) is 12.8. The van der Waals surface area contributed by atoms with Crippen molar-refractivity contribution < 1.29 is 29.3 Å². The highest BCUT2D eigenvalue weighted by atomic mass is 16.5. The standard InChI is InChI=1S/C40H45N3O6/c1-4-27-10-12-36(49-26(2)44)23-35(46)18-28(29-11-13-38(47)39(21-29)48-3)8-6-15-42-40-22-31(14-16-43-40)37(30-7-5-9-34(45)19-30)20-33-25-41-24-32(33)17-27/h5,7,9,11,13-14,16,19,21-22,24,27-28,36-37,45,47H,4,10,12,15,17-18,20,23,25H2,1-3H3,(H,42,43). The number of allylic oxidation sites excluding steroid dienone is 1. The Labute approximate surface area is 288 Å². The number of nitrogens with zero attached hydrogens (tertiary/aromatic N) is 2. The lowest BCUT2D eigenvalue weighted by molar-refractivity contribution is -0.148. The summed E-state index contributed by atoms with van der Waals surface area (Å²) in [5.74, 6) is 6.94. The zero-order valence-electron chi connectivity index (χ0n) is 28.4. The van der Waals surface area contributed by atoms with Crippen molar-refractivity contribution >= 4 is 23.8 Å². The van der Waals surface area contributed by atoms with E-state index in [1.54, 1.807) is 24.4 Å². The number of carbonyl (C=O) groups excluding carboxylic acids is 2. The maximum atomic E-state index is 13.5. The number of carbonyl (C=O) groups is 2. The maximum Gasteiger partial charge on any atom is 0.302 e. The van der Waals surface area contributed by atoms with Gasteiger partial charge in [0.2, 0.25) is 0 Å². The molecule has 4 atom stereocenters. The number of aromatic nitrogens is 1. The summed E-state index contributed by atoms with van der Waals surface area (Å²) < 4.78 is 11.0. The summed E-state index contributed by atoms with van der Waals surface area (Å²) in [5.41, 5.74) is 5.29. The van der Waals surface area contributed by atoms with Gasteiger partial charge in [0.15, 0.2) is 11.5 Å². The lowest BCUT2D eigenvalue weighted by Crippen LogP contribution is -2.22. The van der Waals surface area contributed by atoms with Crippen LogP contribution in [0.1, 0.15) is 87.3 Å². The third kappa shape index (κ3) is 9.73. The molecule has 9 heteroatoms. The predicted molar refractivity (Wildman–Crippen MR) is 190 cm³/mol. The van der Waals surface area contributed by atoms with Gasteiger partial charge in [0.1, 0.15) is 23.5 Å². The number of aliphatic imine (C=N–C) groups is 1. The number of nitrogens with one attached hydrogen (secondary N) is 1. The topological polar surface area (TPSA) is 130 Å². The molecule has 49 heavy (non-hydrogen) atoms. The van der Waals surface area contributed by atoms with Crippen LogP contribution in [0.5, 0.6) is 17.2 Å². The number of aromatic hydroxyl groups is 2. The Hall–Kier alpha value is -5.10. The molecular weight excluding hydrogens is 618 g/mol. The Morgan fingerprint density at radius 3 is 2.61 bits per heavy atom. The molecule has 3 heterocycles. The van der Waals surface area contributed by atoms with Crippen LogP contribution >= 0.6 is 0 Å². The maximum absolute atomic E-state index is 13.5. The molecule has 0 aliphatic carbocycles. The molecule has 0 radical (unpaired) electrons. The van der Waals surface area contributed by atoms with Crippen LogP contribution in [-0.4, -0.2) is 59.5 Å². The molecule has 9 nitrogen and oxygen atoms in total. The molecule has 4 unspecified atom stereocenters. The van der Waals surface area contributed by atoms with Gasteiger partial charge in [-0.25, -0.2) is 4.98 Å². The number of methoxy groups -OCH3 is 1. The van der Waals surface area contributed by atoms with Gasteiger partial charge in [-0.2, -0.15) is 0 Å². The number of benzene rings is 2. The number of hydrogen-bond donors (Lipinski definition) is 3. The average Bonchev–Trinajstić information content (AvgIpc) is 3.52. The van der Waals surface area contributed by atoms with E-state index >= 15 is 0 Å². The van der Waals surface area contributed by atoms with Crippen molar-refractivity contribution in [2.45, 2.75) is 76.7 Å². The Kier molecular flexibility index (Phi) is 12.1. The van der Waals surface area contributed by atoms with E-state index in [0.29, 0.717) is 30.5 Å². The molecule has 2 aliphatic heterocycles. The van der Waals surface area contributed by atoms with E-state index in [1.165, 1.54) is 31.2 Å². The molecule has 5 rings (SSSR count). The van der Waals surface area contributed by atoms with Crippen molar-refractivity contribution in [1.82, 2.24) is 4.98 Å². The minimum absolute atomic E-state index is 0.00115. The first kappa shape index (κ1) is 35.2. The monoisotopic (exact) mass is 663 g/mol. The van der Waals surface area contributed by atoms with E-state index in [4.69, 9.17) is 9.47 Å². The summed E-state index contributed by atoms with van der Waals surface area (Å²) in [5, 5.41) is 23.9. The zero-order valence-corrected chi connectivity index (χ0v) is 28.4. The Morgan fingerprint density at radius 2 is 1.84 bits per heavy atom. The van der Waals surface area contributed by atoms with Crippen LogP contribution in [0.25, 0.3) is 0 Å². The fourth-order valence-electron chi connectivity index (χ4n) is 6.69. The fourth-order valence-corrected chi connectivity index (χ4v) is 6.69. The summed E-state index contributed by atoms with van der Waals surface area (Å²) in [4.78, 5) is 34.8. The lowest BCUT2D eigenvalue weighted by atomic mass is 9.83. The minimum atomic E-state index is -0.536. The van der Waals surface area contributed by atoms with Gasteiger partial charge < -0.3 is 25.0 Å². The first-order chi connectivity index (χ1) is 23.7. The van der Waals surface area contributed by atoms with Crippen LogP contribution in [-0.2, 0) is 14.3 Å². The van der Waals surface area contributed by atoms with Crippen molar-refractivity contribution in [3.8, 4) is 29.1 Å². The highest BCUT2D eigenvalue weighted by Gasteiger charge is 2.25. The quantitative estimate of drug-likeness (QED) is 0.195. The Balaban J connectivity index is 1.52. The van der Waals surface area contributed by atoms with Gasteiger partial charge in [0.05, 0.1) is 26.1 Å². The number of rotatable bonds is 5. The van der Waals surface area contributed by atoms with Gasteiger partial charge >= 0.3 is 5.97 Å². The highest BCUT2D eigenvalue weighted by molar-refractivity contribution is 5.83. The normalized spacial score (nSPS) is 21.9. The van der Waals surface area contributed by atoms with Crippen molar-refractivity contribution in [2.75, 3.05) is 25.5 Å². The number of pyridine rings is 1. The number of phenols is 2. The number of esters is 1. The molecule has 3 N–H and O–H groups in total. The highest BCUT2D eigenvalue weighted by Crippen LogP contribution is 2.37. The van der Waals surface area contributed by atoms with Crippen molar-refractivity contribution in [1.29, 1.82) is 0 Å². The van der Waals surface area contributed by atoms with Crippen LogP contribution in [0.15, 0.2) is 76.9 Å². The van der Waals surface area contributed by atoms with Gasteiger partial charge in [0, 0.05) is 38.1 Å². The lowest BCUT2D eigenvalue weighted by Gasteiger charge is -2.23. The number of anilines is 1. The molecule has 0 spiro atoms. The van der Waals surface area contributed by atoms with Crippen LogP contribution < -0.4 is 10.1 Å². The molecular formula is C40H45N3O6. The average molecular weight is 664 g/mol.